The molecule has 0 N–H and O–H groups in total. The zero-order chi connectivity index (χ0) is 13.3. The maximum absolute atomic E-state index is 12.0. The van der Waals surface area contributed by atoms with E-state index in [2.05, 4.69) is 6.58 Å². The number of Topliss-reactive ketones (excluding diaryl/α,β-unsaturated/α-hetero) is 1. The standard InChI is InChI=1S/C14H15NO3/c1-4-7-15-12-8-11(9(2)16)5-6-13(12)18-10(3)14(15)17/h4-6,8,10H,1,7H2,2-3H3. The van der Waals surface area contributed by atoms with E-state index in [1.54, 1.807) is 36.1 Å². The van der Waals surface area contributed by atoms with Crippen molar-refractivity contribution < 1.29 is 14.3 Å². The first kappa shape index (κ1) is 12.4. The summed E-state index contributed by atoms with van der Waals surface area (Å²) in [6, 6.07) is 5.12. The van der Waals surface area contributed by atoms with Crippen LogP contribution in [0.15, 0.2) is 30.9 Å². The number of rotatable bonds is 3. The third kappa shape index (κ3) is 2.01. The van der Waals surface area contributed by atoms with Gasteiger partial charge in [-0.3, -0.25) is 9.59 Å². The normalized spacial score (nSPS) is 18.0. The highest BCUT2D eigenvalue weighted by molar-refractivity contribution is 6.02. The average Bonchev–Trinajstić information content (AvgIpc) is 2.34. The number of hydrogen-bond acceptors (Lipinski definition) is 3. The lowest BCUT2D eigenvalue weighted by Gasteiger charge is -2.32. The van der Waals surface area contributed by atoms with Crippen LogP contribution < -0.4 is 9.64 Å². The van der Waals surface area contributed by atoms with Crippen LogP contribution in [0.25, 0.3) is 0 Å². The number of carbonyl (C=O) groups is 2. The molecule has 0 aromatic heterocycles. The Hall–Kier alpha value is -2.10. The van der Waals surface area contributed by atoms with E-state index in [0.29, 0.717) is 23.5 Å². The van der Waals surface area contributed by atoms with Gasteiger partial charge in [-0.2, -0.15) is 0 Å². The van der Waals surface area contributed by atoms with Crippen molar-refractivity contribution in [1.82, 2.24) is 0 Å². The van der Waals surface area contributed by atoms with Gasteiger partial charge in [0.25, 0.3) is 5.91 Å². The Morgan fingerprint density at radius 2 is 2.28 bits per heavy atom. The minimum Gasteiger partial charge on any atom is -0.479 e. The van der Waals surface area contributed by atoms with Crippen LogP contribution in [-0.2, 0) is 4.79 Å². The second kappa shape index (κ2) is 4.64. The molecule has 1 aliphatic rings. The topological polar surface area (TPSA) is 46.6 Å². The Morgan fingerprint density at radius 3 is 2.89 bits per heavy atom. The summed E-state index contributed by atoms with van der Waals surface area (Å²) in [5.74, 6) is 0.458. The molecule has 4 nitrogen and oxygen atoms in total. The van der Waals surface area contributed by atoms with Gasteiger partial charge in [-0.15, -0.1) is 6.58 Å². The van der Waals surface area contributed by atoms with Crippen molar-refractivity contribution in [1.29, 1.82) is 0 Å². The molecule has 1 aromatic rings. The number of ether oxygens (including phenoxy) is 1. The van der Waals surface area contributed by atoms with Crippen molar-refractivity contribution in [2.45, 2.75) is 20.0 Å². The Balaban J connectivity index is 2.51. The third-order valence-electron chi connectivity index (χ3n) is 2.89. The Morgan fingerprint density at radius 1 is 1.56 bits per heavy atom. The molecule has 2 rings (SSSR count). The molecule has 0 saturated carbocycles. The van der Waals surface area contributed by atoms with Crippen LogP contribution in [0.5, 0.6) is 5.75 Å². The minimum atomic E-state index is -0.513. The lowest BCUT2D eigenvalue weighted by Crippen LogP contribution is -2.44. The predicted molar refractivity (Wildman–Crippen MR) is 69.1 cm³/mol. The van der Waals surface area contributed by atoms with E-state index in [0.717, 1.165) is 0 Å². The number of carbonyl (C=O) groups excluding carboxylic acids is 2. The van der Waals surface area contributed by atoms with Gasteiger partial charge in [-0.05, 0) is 32.0 Å². The van der Waals surface area contributed by atoms with Gasteiger partial charge in [-0.1, -0.05) is 6.08 Å². The molecular weight excluding hydrogens is 230 g/mol. The number of nitrogens with zero attached hydrogens (tertiary/aromatic N) is 1. The summed E-state index contributed by atoms with van der Waals surface area (Å²) in [5, 5.41) is 0. The lowest BCUT2D eigenvalue weighted by atomic mass is 10.1. The molecule has 1 heterocycles. The van der Waals surface area contributed by atoms with E-state index in [1.807, 2.05) is 0 Å². The molecule has 0 bridgehead atoms. The molecule has 1 unspecified atom stereocenters. The predicted octanol–water partition coefficient (Wildman–Crippen LogP) is 2.19. The largest absolute Gasteiger partial charge is 0.479 e. The highest BCUT2D eigenvalue weighted by Gasteiger charge is 2.30. The summed E-state index contributed by atoms with van der Waals surface area (Å²) < 4.78 is 5.52. The van der Waals surface area contributed by atoms with Gasteiger partial charge in [0.2, 0.25) is 0 Å². The third-order valence-corrected chi connectivity index (χ3v) is 2.89. The molecule has 1 aliphatic heterocycles. The van der Waals surface area contributed by atoms with Crippen LogP contribution in [0.4, 0.5) is 5.69 Å². The van der Waals surface area contributed by atoms with Crippen molar-refractivity contribution in [2.75, 3.05) is 11.4 Å². The molecule has 18 heavy (non-hydrogen) atoms. The number of benzene rings is 1. The van der Waals surface area contributed by atoms with E-state index in [1.165, 1.54) is 6.92 Å². The molecular formula is C14H15NO3. The van der Waals surface area contributed by atoms with E-state index in [9.17, 15) is 9.59 Å². The zero-order valence-electron chi connectivity index (χ0n) is 10.5. The summed E-state index contributed by atoms with van der Waals surface area (Å²) in [5.41, 5.74) is 1.19. The second-order valence-electron chi connectivity index (χ2n) is 4.24. The summed E-state index contributed by atoms with van der Waals surface area (Å²) in [4.78, 5) is 25.0. The molecule has 1 amide bonds. The molecule has 0 spiro atoms. The van der Waals surface area contributed by atoms with Crippen molar-refractivity contribution in [2.24, 2.45) is 0 Å². The summed E-state index contributed by atoms with van der Waals surface area (Å²) in [6.45, 7) is 7.25. The summed E-state index contributed by atoms with van der Waals surface area (Å²) in [6.07, 6.45) is 1.14. The Kier molecular flexibility index (Phi) is 3.19. The van der Waals surface area contributed by atoms with Gasteiger partial charge in [0, 0.05) is 12.1 Å². The van der Waals surface area contributed by atoms with Gasteiger partial charge in [0.15, 0.2) is 11.9 Å². The first-order valence-electron chi connectivity index (χ1n) is 5.78. The van der Waals surface area contributed by atoms with Gasteiger partial charge >= 0.3 is 0 Å². The maximum atomic E-state index is 12.0. The lowest BCUT2D eigenvalue weighted by molar-refractivity contribution is -0.125. The molecule has 4 heteroatoms. The fraction of sp³-hybridized carbons (Fsp3) is 0.286. The van der Waals surface area contributed by atoms with Gasteiger partial charge < -0.3 is 9.64 Å². The molecule has 1 atom stereocenters. The van der Waals surface area contributed by atoms with E-state index in [4.69, 9.17) is 4.74 Å². The number of hydrogen-bond donors (Lipinski definition) is 0. The Bertz CT molecular complexity index is 522. The molecule has 0 saturated heterocycles. The molecule has 0 radical (unpaired) electrons. The first-order valence-corrected chi connectivity index (χ1v) is 5.78. The van der Waals surface area contributed by atoms with Gasteiger partial charge in [0.05, 0.1) is 5.69 Å². The number of ketones is 1. The smallest absolute Gasteiger partial charge is 0.268 e. The quantitative estimate of drug-likeness (QED) is 0.605. The monoisotopic (exact) mass is 245 g/mol. The molecule has 0 aliphatic carbocycles. The fourth-order valence-electron chi connectivity index (χ4n) is 1.94. The van der Waals surface area contributed by atoms with Crippen LogP contribution in [0.3, 0.4) is 0 Å². The highest BCUT2D eigenvalue weighted by Crippen LogP contribution is 2.34. The van der Waals surface area contributed by atoms with Gasteiger partial charge in [0.1, 0.15) is 5.75 Å². The minimum absolute atomic E-state index is 0.0394. The molecule has 0 fully saturated rings. The first-order chi connectivity index (χ1) is 8.54. The zero-order valence-corrected chi connectivity index (χ0v) is 10.5. The number of anilines is 1. The van der Waals surface area contributed by atoms with Crippen molar-refractivity contribution in [3.05, 3.63) is 36.4 Å². The number of amides is 1. The second-order valence-corrected chi connectivity index (χ2v) is 4.24. The highest BCUT2D eigenvalue weighted by atomic mass is 16.5. The average molecular weight is 245 g/mol. The van der Waals surface area contributed by atoms with Crippen LogP contribution >= 0.6 is 0 Å². The Labute approximate surface area is 106 Å². The van der Waals surface area contributed by atoms with Gasteiger partial charge in [-0.25, -0.2) is 0 Å². The van der Waals surface area contributed by atoms with Crippen molar-refractivity contribution in [3.8, 4) is 5.75 Å². The van der Waals surface area contributed by atoms with Crippen LogP contribution in [0.2, 0.25) is 0 Å². The SMILES string of the molecule is C=CCN1C(=O)C(C)Oc2ccc(C(C)=O)cc21. The van der Waals surface area contributed by atoms with E-state index in [-0.39, 0.29) is 11.7 Å². The van der Waals surface area contributed by atoms with Crippen LogP contribution in [0, 0.1) is 0 Å². The summed E-state index contributed by atoms with van der Waals surface area (Å²) in [7, 11) is 0. The molecule has 1 aromatic carbocycles. The number of fused-ring (bicyclic) bond motifs is 1. The maximum Gasteiger partial charge on any atom is 0.268 e. The van der Waals surface area contributed by atoms with E-state index >= 15 is 0 Å². The van der Waals surface area contributed by atoms with Crippen LogP contribution in [-0.4, -0.2) is 24.3 Å². The van der Waals surface area contributed by atoms with Crippen LogP contribution in [0.1, 0.15) is 24.2 Å². The molecule has 94 valence electrons. The van der Waals surface area contributed by atoms with E-state index < -0.39 is 6.10 Å². The van der Waals surface area contributed by atoms with Crippen molar-refractivity contribution in [3.63, 3.8) is 0 Å². The van der Waals surface area contributed by atoms with Crippen molar-refractivity contribution >= 4 is 17.4 Å². The fourth-order valence-corrected chi connectivity index (χ4v) is 1.94. The summed E-state index contributed by atoms with van der Waals surface area (Å²) >= 11 is 0.